The second-order valence-electron chi connectivity index (χ2n) is 6.67. The lowest BCUT2D eigenvalue weighted by molar-refractivity contribution is -0.127. The summed E-state index contributed by atoms with van der Waals surface area (Å²) >= 11 is 0. The number of amides is 2. The highest BCUT2D eigenvalue weighted by Crippen LogP contribution is 2.20. The van der Waals surface area contributed by atoms with Gasteiger partial charge in [-0.3, -0.25) is 9.59 Å². The average Bonchev–Trinajstić information content (AvgIpc) is 2.54. The summed E-state index contributed by atoms with van der Waals surface area (Å²) in [5.41, 5.74) is 5.62. The van der Waals surface area contributed by atoms with Gasteiger partial charge in [0.25, 0.3) is 5.91 Å². The van der Waals surface area contributed by atoms with Gasteiger partial charge in [0.15, 0.2) is 0 Å². The van der Waals surface area contributed by atoms with Crippen molar-refractivity contribution in [2.75, 3.05) is 19.6 Å². The van der Waals surface area contributed by atoms with Crippen molar-refractivity contribution in [1.29, 1.82) is 0 Å². The van der Waals surface area contributed by atoms with Gasteiger partial charge in [-0.15, -0.1) is 0 Å². The third-order valence-corrected chi connectivity index (χ3v) is 4.14. The van der Waals surface area contributed by atoms with E-state index in [0.717, 1.165) is 12.8 Å². The number of benzene rings is 1. The van der Waals surface area contributed by atoms with Crippen LogP contribution in [0.4, 0.5) is 4.39 Å². The minimum atomic E-state index is -0.458. The van der Waals surface area contributed by atoms with Gasteiger partial charge < -0.3 is 16.0 Å². The number of piperidine rings is 1. The summed E-state index contributed by atoms with van der Waals surface area (Å²) in [5, 5.41) is 2.93. The van der Waals surface area contributed by atoms with E-state index >= 15 is 0 Å². The zero-order valence-electron chi connectivity index (χ0n) is 13.6. The Hall–Kier alpha value is -1.95. The maximum atomic E-state index is 13.0. The summed E-state index contributed by atoms with van der Waals surface area (Å²) in [6, 6.07) is 5.48. The summed E-state index contributed by atoms with van der Waals surface area (Å²) in [4.78, 5) is 26.5. The van der Waals surface area contributed by atoms with E-state index in [4.69, 9.17) is 5.73 Å². The fourth-order valence-electron chi connectivity index (χ4n) is 2.64. The molecular weight excluding hydrogens is 297 g/mol. The minimum Gasteiger partial charge on any atom is -0.350 e. The van der Waals surface area contributed by atoms with Crippen LogP contribution in [0.25, 0.3) is 0 Å². The van der Waals surface area contributed by atoms with Crippen molar-refractivity contribution < 1.29 is 14.0 Å². The summed E-state index contributed by atoms with van der Waals surface area (Å²) < 4.78 is 13.0. The Kier molecular flexibility index (Phi) is 5.36. The maximum Gasteiger partial charge on any atom is 0.253 e. The first kappa shape index (κ1) is 17.4. The molecule has 1 saturated heterocycles. The van der Waals surface area contributed by atoms with Crippen LogP contribution in [-0.2, 0) is 4.79 Å². The van der Waals surface area contributed by atoms with E-state index < -0.39 is 5.54 Å². The largest absolute Gasteiger partial charge is 0.350 e. The molecule has 0 radical (unpaired) electrons. The molecule has 0 saturated carbocycles. The Labute approximate surface area is 136 Å². The van der Waals surface area contributed by atoms with Crippen LogP contribution in [0.15, 0.2) is 24.3 Å². The number of carbonyl (C=O) groups excluding carboxylic acids is 2. The van der Waals surface area contributed by atoms with Crippen molar-refractivity contribution in [2.24, 2.45) is 11.7 Å². The molecule has 0 aromatic heterocycles. The number of carbonyl (C=O) groups is 2. The van der Waals surface area contributed by atoms with E-state index in [-0.39, 0.29) is 23.5 Å². The second kappa shape index (κ2) is 7.08. The quantitative estimate of drug-likeness (QED) is 0.883. The number of hydrogen-bond acceptors (Lipinski definition) is 3. The van der Waals surface area contributed by atoms with Gasteiger partial charge in [0.05, 0.1) is 5.92 Å². The highest BCUT2D eigenvalue weighted by molar-refractivity contribution is 5.94. The molecule has 5 nitrogen and oxygen atoms in total. The van der Waals surface area contributed by atoms with Crippen LogP contribution in [0.1, 0.15) is 37.0 Å². The highest BCUT2D eigenvalue weighted by Gasteiger charge is 2.31. The molecule has 2 amide bonds. The van der Waals surface area contributed by atoms with E-state index in [1.54, 1.807) is 4.90 Å². The van der Waals surface area contributed by atoms with E-state index in [1.807, 2.05) is 13.8 Å². The highest BCUT2D eigenvalue weighted by atomic mass is 19.1. The molecule has 1 fully saturated rings. The monoisotopic (exact) mass is 321 g/mol. The van der Waals surface area contributed by atoms with E-state index in [0.29, 0.717) is 25.2 Å². The Morgan fingerprint density at radius 2 is 2.00 bits per heavy atom. The SMILES string of the molecule is CC(C)(CN)NC(=O)C1CCCN(C(=O)c2ccc(F)cc2)C1. The molecule has 2 rings (SSSR count). The number of likely N-dealkylation sites (tertiary alicyclic amines) is 1. The second-order valence-corrected chi connectivity index (χ2v) is 6.67. The molecule has 6 heteroatoms. The van der Waals surface area contributed by atoms with Crippen LogP contribution in [0.5, 0.6) is 0 Å². The van der Waals surface area contributed by atoms with Crippen molar-refractivity contribution in [3.63, 3.8) is 0 Å². The molecule has 23 heavy (non-hydrogen) atoms. The molecule has 1 unspecified atom stereocenters. The smallest absolute Gasteiger partial charge is 0.253 e. The molecule has 3 N–H and O–H groups in total. The summed E-state index contributed by atoms with van der Waals surface area (Å²) in [6.45, 7) is 5.08. The van der Waals surface area contributed by atoms with Gasteiger partial charge >= 0.3 is 0 Å². The molecule has 1 aliphatic heterocycles. The van der Waals surface area contributed by atoms with Crippen LogP contribution in [0.2, 0.25) is 0 Å². The normalized spacial score (nSPS) is 18.6. The number of rotatable bonds is 4. The molecule has 0 aliphatic carbocycles. The topological polar surface area (TPSA) is 75.4 Å². The third kappa shape index (κ3) is 4.51. The van der Waals surface area contributed by atoms with Crippen LogP contribution in [0.3, 0.4) is 0 Å². The number of halogens is 1. The van der Waals surface area contributed by atoms with Crippen molar-refractivity contribution in [1.82, 2.24) is 10.2 Å². The Morgan fingerprint density at radius 3 is 2.61 bits per heavy atom. The van der Waals surface area contributed by atoms with Crippen molar-refractivity contribution in [2.45, 2.75) is 32.2 Å². The van der Waals surface area contributed by atoms with Crippen molar-refractivity contribution in [3.05, 3.63) is 35.6 Å². The zero-order chi connectivity index (χ0) is 17.0. The van der Waals surface area contributed by atoms with Gasteiger partial charge in [-0.1, -0.05) is 0 Å². The van der Waals surface area contributed by atoms with Crippen LogP contribution in [0, 0.1) is 11.7 Å². The molecule has 1 aliphatic rings. The lowest BCUT2D eigenvalue weighted by atomic mass is 9.94. The van der Waals surface area contributed by atoms with Crippen LogP contribution in [-0.4, -0.2) is 41.9 Å². The first-order valence-electron chi connectivity index (χ1n) is 7.89. The summed E-state index contributed by atoms with van der Waals surface area (Å²) in [6.07, 6.45) is 1.52. The number of nitrogens with two attached hydrogens (primary N) is 1. The summed E-state index contributed by atoms with van der Waals surface area (Å²) in [7, 11) is 0. The van der Waals surface area contributed by atoms with Gasteiger partial charge in [0.1, 0.15) is 5.82 Å². The Bertz CT molecular complexity index is 572. The summed E-state index contributed by atoms with van der Waals surface area (Å²) in [5.74, 6) is -0.849. The van der Waals surface area contributed by atoms with Gasteiger partial charge in [0, 0.05) is 30.7 Å². The maximum absolute atomic E-state index is 13.0. The standard InChI is InChI=1S/C17H24FN3O2/c1-17(2,11-19)20-15(22)13-4-3-9-21(10-13)16(23)12-5-7-14(18)8-6-12/h5-8,13H,3-4,9-11,19H2,1-2H3,(H,20,22). The number of nitrogens with one attached hydrogen (secondary N) is 1. The predicted molar refractivity (Wildman–Crippen MR) is 86.3 cm³/mol. The fraction of sp³-hybridized carbons (Fsp3) is 0.529. The first-order valence-corrected chi connectivity index (χ1v) is 7.89. The minimum absolute atomic E-state index is 0.0722. The molecule has 1 aromatic rings. The van der Waals surface area contributed by atoms with Crippen molar-refractivity contribution >= 4 is 11.8 Å². The first-order chi connectivity index (χ1) is 10.8. The molecule has 1 aromatic carbocycles. The molecule has 0 spiro atoms. The number of nitrogens with zero attached hydrogens (tertiary/aromatic N) is 1. The average molecular weight is 321 g/mol. The molecule has 0 bridgehead atoms. The van der Waals surface area contributed by atoms with Gasteiger partial charge in [0.2, 0.25) is 5.91 Å². The van der Waals surface area contributed by atoms with Gasteiger partial charge in [-0.2, -0.15) is 0 Å². The molecular formula is C17H24FN3O2. The van der Waals surface area contributed by atoms with Gasteiger partial charge in [-0.25, -0.2) is 4.39 Å². The molecule has 126 valence electrons. The van der Waals surface area contributed by atoms with Crippen LogP contribution < -0.4 is 11.1 Å². The predicted octanol–water partition coefficient (Wildman–Crippen LogP) is 1.53. The van der Waals surface area contributed by atoms with Gasteiger partial charge in [-0.05, 0) is 51.0 Å². The number of hydrogen-bond donors (Lipinski definition) is 2. The third-order valence-electron chi connectivity index (χ3n) is 4.14. The Balaban J connectivity index is 2.01. The van der Waals surface area contributed by atoms with E-state index in [9.17, 15) is 14.0 Å². The molecule has 1 atom stereocenters. The van der Waals surface area contributed by atoms with E-state index in [2.05, 4.69) is 5.32 Å². The lowest BCUT2D eigenvalue weighted by Gasteiger charge is -2.34. The molecule has 1 heterocycles. The Morgan fingerprint density at radius 1 is 1.35 bits per heavy atom. The lowest BCUT2D eigenvalue weighted by Crippen LogP contribution is -2.53. The van der Waals surface area contributed by atoms with E-state index in [1.165, 1.54) is 24.3 Å². The fourth-order valence-corrected chi connectivity index (χ4v) is 2.64. The zero-order valence-corrected chi connectivity index (χ0v) is 13.6. The van der Waals surface area contributed by atoms with Crippen molar-refractivity contribution in [3.8, 4) is 0 Å². The van der Waals surface area contributed by atoms with Crippen LogP contribution >= 0.6 is 0 Å².